The van der Waals surface area contributed by atoms with E-state index in [0.29, 0.717) is 0 Å². The number of sulfonamides is 1. The van der Waals surface area contributed by atoms with Crippen LogP contribution in [0, 0.1) is 0 Å². The monoisotopic (exact) mass is 577 g/mol. The second kappa shape index (κ2) is 12.4. The Kier molecular flexibility index (Phi) is 10.0. The number of hydrogen-bond acceptors (Lipinski definition) is 8. The average Bonchev–Trinajstić information content (AvgIpc) is 2.75. The highest BCUT2D eigenvalue weighted by molar-refractivity contribution is 7.92. The molecule has 0 bridgehead atoms. The van der Waals surface area contributed by atoms with E-state index < -0.39 is 51.9 Å². The smallest absolute Gasteiger partial charge is 0.492 e. The highest BCUT2D eigenvalue weighted by Crippen LogP contribution is 2.31. The van der Waals surface area contributed by atoms with E-state index >= 15 is 0 Å². The van der Waals surface area contributed by atoms with Gasteiger partial charge in [-0.05, 0) is 58.9 Å². The van der Waals surface area contributed by atoms with Crippen molar-refractivity contribution < 1.29 is 50.5 Å². The van der Waals surface area contributed by atoms with Gasteiger partial charge in [0.15, 0.2) is 0 Å². The van der Waals surface area contributed by atoms with Gasteiger partial charge in [0.2, 0.25) is 5.91 Å². The summed E-state index contributed by atoms with van der Waals surface area (Å²) in [7, 11) is -4.37. The fourth-order valence-corrected chi connectivity index (χ4v) is 4.28. The van der Waals surface area contributed by atoms with Crippen molar-refractivity contribution in [3.8, 4) is 11.5 Å². The predicted octanol–water partition coefficient (Wildman–Crippen LogP) is 4.00. The molecule has 0 aliphatic heterocycles. The van der Waals surface area contributed by atoms with Gasteiger partial charge in [-0.3, -0.25) is 9.52 Å². The molecular weight excluding hydrogens is 547 g/mol. The second-order valence-electron chi connectivity index (χ2n) is 9.13. The Hall–Kier alpha value is -3.72. The lowest BCUT2D eigenvalue weighted by Crippen LogP contribution is -2.51. The van der Waals surface area contributed by atoms with Crippen LogP contribution in [0.4, 0.5) is 29.3 Å². The summed E-state index contributed by atoms with van der Waals surface area (Å²) >= 11 is 0. The number of ether oxygens (including phenoxy) is 3. The Bertz CT molecular complexity index is 1280. The standard InChI is InChI=1S/C24H30F3N3O8S/c1-6-36-18-13-15(28-21(32)20(14(2)31)29-22(33)38-23(3,4)5)10-11-19(18)39(34,35)30-16-8-7-9-17(12-16)37-24(25,26)27/h7-14,20,30-31H,6H2,1-5H3,(H,28,32)(H,29,33)/t14?,20-/m0/s1. The van der Waals surface area contributed by atoms with Crippen molar-refractivity contribution in [1.29, 1.82) is 0 Å². The van der Waals surface area contributed by atoms with Crippen LogP contribution < -0.4 is 24.8 Å². The van der Waals surface area contributed by atoms with E-state index in [0.717, 1.165) is 18.2 Å². The fourth-order valence-electron chi connectivity index (χ4n) is 3.10. The Morgan fingerprint density at radius 3 is 2.28 bits per heavy atom. The Labute approximate surface area is 223 Å². The second-order valence-corrected chi connectivity index (χ2v) is 10.8. The van der Waals surface area contributed by atoms with E-state index in [1.165, 1.54) is 31.2 Å². The maximum absolute atomic E-state index is 13.0. The van der Waals surface area contributed by atoms with Gasteiger partial charge in [-0.25, -0.2) is 13.2 Å². The van der Waals surface area contributed by atoms with Gasteiger partial charge < -0.3 is 30.0 Å². The number of amides is 2. The summed E-state index contributed by atoms with van der Waals surface area (Å²) < 4.78 is 80.1. The minimum Gasteiger partial charge on any atom is -0.492 e. The average molecular weight is 578 g/mol. The number of rotatable bonds is 10. The minimum absolute atomic E-state index is 0.0331. The molecule has 0 radical (unpaired) electrons. The largest absolute Gasteiger partial charge is 0.573 e. The molecule has 2 amide bonds. The number of aliphatic hydroxyl groups is 1. The normalized spacial score (nSPS) is 13.6. The molecule has 0 saturated carbocycles. The third kappa shape index (κ3) is 10.2. The van der Waals surface area contributed by atoms with E-state index in [1.54, 1.807) is 27.7 Å². The number of nitrogens with one attached hydrogen (secondary N) is 3. The van der Waals surface area contributed by atoms with Crippen LogP contribution in [0.1, 0.15) is 34.6 Å². The first-order valence-electron chi connectivity index (χ1n) is 11.5. The molecule has 2 aromatic rings. The Morgan fingerprint density at radius 1 is 1.05 bits per heavy atom. The number of halogens is 3. The number of alkyl halides is 3. The molecule has 2 rings (SSSR count). The molecule has 0 fully saturated rings. The maximum Gasteiger partial charge on any atom is 0.573 e. The number of carbonyl (C=O) groups is 2. The van der Waals surface area contributed by atoms with Crippen molar-refractivity contribution in [3.05, 3.63) is 42.5 Å². The highest BCUT2D eigenvalue weighted by Gasteiger charge is 2.32. The van der Waals surface area contributed by atoms with Gasteiger partial charge in [-0.15, -0.1) is 13.2 Å². The van der Waals surface area contributed by atoms with Gasteiger partial charge in [-0.1, -0.05) is 6.07 Å². The summed E-state index contributed by atoms with van der Waals surface area (Å²) in [5.41, 5.74) is -0.984. The van der Waals surface area contributed by atoms with E-state index in [-0.39, 0.29) is 28.6 Å². The Morgan fingerprint density at radius 2 is 1.72 bits per heavy atom. The van der Waals surface area contributed by atoms with Crippen LogP contribution in [0.5, 0.6) is 11.5 Å². The third-order valence-electron chi connectivity index (χ3n) is 4.56. The van der Waals surface area contributed by atoms with Crippen molar-refractivity contribution in [2.24, 2.45) is 0 Å². The molecule has 0 aliphatic carbocycles. The van der Waals surface area contributed by atoms with Crippen molar-refractivity contribution >= 4 is 33.4 Å². The molecule has 0 aliphatic rings. The fraction of sp³-hybridized carbons (Fsp3) is 0.417. The minimum atomic E-state index is -4.96. The molecular formula is C24H30F3N3O8S. The van der Waals surface area contributed by atoms with Gasteiger partial charge >= 0.3 is 12.5 Å². The van der Waals surface area contributed by atoms with Gasteiger partial charge in [0, 0.05) is 17.8 Å². The van der Waals surface area contributed by atoms with Crippen LogP contribution in [0.2, 0.25) is 0 Å². The van der Waals surface area contributed by atoms with Crippen LogP contribution in [0.25, 0.3) is 0 Å². The number of anilines is 2. The molecule has 0 heterocycles. The quantitative estimate of drug-likeness (QED) is 0.331. The van der Waals surface area contributed by atoms with Crippen molar-refractivity contribution in [2.45, 2.75) is 63.6 Å². The summed E-state index contributed by atoms with van der Waals surface area (Å²) in [6, 6.07) is 6.38. The van der Waals surface area contributed by atoms with Crippen molar-refractivity contribution in [2.75, 3.05) is 16.6 Å². The summed E-state index contributed by atoms with van der Waals surface area (Å²) in [4.78, 5) is 24.5. The van der Waals surface area contributed by atoms with E-state index in [1.807, 2.05) is 0 Å². The third-order valence-corrected chi connectivity index (χ3v) is 5.98. The Balaban J connectivity index is 2.27. The van der Waals surface area contributed by atoms with Crippen LogP contribution >= 0.6 is 0 Å². The molecule has 0 saturated heterocycles. The first-order valence-corrected chi connectivity index (χ1v) is 13.0. The molecule has 15 heteroatoms. The topological polar surface area (TPSA) is 152 Å². The van der Waals surface area contributed by atoms with Crippen molar-refractivity contribution in [3.63, 3.8) is 0 Å². The van der Waals surface area contributed by atoms with E-state index in [2.05, 4.69) is 20.1 Å². The van der Waals surface area contributed by atoms with Crippen LogP contribution in [0.15, 0.2) is 47.4 Å². The van der Waals surface area contributed by atoms with Gasteiger partial charge in [-0.2, -0.15) is 0 Å². The lowest BCUT2D eigenvalue weighted by Gasteiger charge is -2.24. The zero-order chi connectivity index (χ0) is 29.6. The summed E-state index contributed by atoms with van der Waals surface area (Å²) in [6.45, 7) is 7.76. The lowest BCUT2D eigenvalue weighted by molar-refractivity contribution is -0.274. The van der Waals surface area contributed by atoms with Gasteiger partial charge in [0.05, 0.1) is 18.4 Å². The molecule has 11 nitrogen and oxygen atoms in total. The zero-order valence-corrected chi connectivity index (χ0v) is 22.6. The van der Waals surface area contributed by atoms with Crippen LogP contribution in [0.3, 0.4) is 0 Å². The molecule has 0 aromatic heterocycles. The molecule has 4 N–H and O–H groups in total. The highest BCUT2D eigenvalue weighted by atomic mass is 32.2. The first-order chi connectivity index (χ1) is 17.9. The SMILES string of the molecule is CCOc1cc(NC(=O)[C@@H](NC(=O)OC(C)(C)C)C(C)O)ccc1S(=O)(=O)Nc1cccc(OC(F)(F)F)c1. The molecule has 1 unspecified atom stereocenters. The summed E-state index contributed by atoms with van der Waals surface area (Å²) in [6.07, 6.45) is -7.21. The number of aliphatic hydroxyl groups excluding tert-OH is 1. The van der Waals surface area contributed by atoms with Gasteiger partial charge in [0.25, 0.3) is 10.0 Å². The number of benzene rings is 2. The summed E-state index contributed by atoms with van der Waals surface area (Å²) in [5.74, 6) is -1.63. The van der Waals surface area contributed by atoms with E-state index in [9.17, 15) is 36.3 Å². The zero-order valence-electron chi connectivity index (χ0n) is 21.8. The first kappa shape index (κ1) is 31.5. The molecule has 0 spiro atoms. The molecule has 2 aromatic carbocycles. The lowest BCUT2D eigenvalue weighted by atomic mass is 10.1. The predicted molar refractivity (Wildman–Crippen MR) is 135 cm³/mol. The summed E-state index contributed by atoms with van der Waals surface area (Å²) in [5, 5.41) is 14.7. The van der Waals surface area contributed by atoms with Crippen molar-refractivity contribution in [1.82, 2.24) is 5.32 Å². The van der Waals surface area contributed by atoms with E-state index in [4.69, 9.17) is 9.47 Å². The van der Waals surface area contributed by atoms with Crippen LogP contribution in [-0.4, -0.2) is 56.2 Å². The molecule has 216 valence electrons. The number of carbonyl (C=O) groups excluding carboxylic acids is 2. The van der Waals surface area contributed by atoms with Gasteiger partial charge in [0.1, 0.15) is 28.0 Å². The molecule has 39 heavy (non-hydrogen) atoms. The molecule has 2 atom stereocenters. The van der Waals surface area contributed by atoms with Crippen LogP contribution in [-0.2, 0) is 19.6 Å². The number of hydrogen-bond donors (Lipinski definition) is 4. The number of alkyl carbamates (subject to hydrolysis) is 1. The maximum atomic E-state index is 13.0.